The Hall–Kier alpha value is -2.83. The predicted octanol–water partition coefficient (Wildman–Crippen LogP) is 3.99. The van der Waals surface area contributed by atoms with E-state index in [2.05, 4.69) is 5.32 Å². The Morgan fingerprint density at radius 3 is 2.30 bits per heavy atom. The predicted molar refractivity (Wildman–Crippen MR) is 103 cm³/mol. The number of ketones is 1. The van der Waals surface area contributed by atoms with E-state index < -0.39 is 11.8 Å². The summed E-state index contributed by atoms with van der Waals surface area (Å²) in [6.45, 7) is 1.46. The van der Waals surface area contributed by atoms with Crippen molar-refractivity contribution in [3.05, 3.63) is 63.8 Å². The number of carbonyl (C=O) groups is 3. The molecule has 0 fully saturated rings. The van der Waals surface area contributed by atoms with Gasteiger partial charge in [0.2, 0.25) is 0 Å². The summed E-state index contributed by atoms with van der Waals surface area (Å²) in [5.74, 6) is -1.10. The maximum absolute atomic E-state index is 12.8. The summed E-state index contributed by atoms with van der Waals surface area (Å²) in [5, 5.41) is 2.92. The molecular formula is C19H14Cl2N2O4. The monoisotopic (exact) mass is 404 g/mol. The molecular weight excluding hydrogens is 391 g/mol. The number of nitrogens with zero attached hydrogens (tertiary/aromatic N) is 1. The van der Waals surface area contributed by atoms with Crippen LogP contribution in [0.25, 0.3) is 0 Å². The molecule has 8 heteroatoms. The molecule has 138 valence electrons. The zero-order chi connectivity index (χ0) is 19.7. The maximum atomic E-state index is 12.8. The van der Waals surface area contributed by atoms with E-state index in [0.717, 1.165) is 4.90 Å². The topological polar surface area (TPSA) is 75.7 Å². The maximum Gasteiger partial charge on any atom is 0.283 e. The lowest BCUT2D eigenvalue weighted by molar-refractivity contribution is -0.120. The molecule has 27 heavy (non-hydrogen) atoms. The molecule has 0 unspecified atom stereocenters. The van der Waals surface area contributed by atoms with Gasteiger partial charge in [-0.05, 0) is 49.4 Å². The number of Topliss-reactive ketones (excluding diaryl/α,β-unsaturated/α-hetero) is 1. The van der Waals surface area contributed by atoms with Crippen LogP contribution in [-0.4, -0.2) is 24.7 Å². The Balaban J connectivity index is 1.93. The van der Waals surface area contributed by atoms with Gasteiger partial charge in [0.05, 0.1) is 12.8 Å². The number of ether oxygens (including phenoxy) is 1. The largest absolute Gasteiger partial charge is 0.495 e. The van der Waals surface area contributed by atoms with Gasteiger partial charge in [-0.25, -0.2) is 4.90 Å². The SMILES string of the molecule is COc1ccc(Cl)cc1N1C(=O)C(Cl)=C(Nc2ccc(C(C)=O)cc2)C1=O. The standard InChI is InChI=1S/C19H14Cl2N2O4/c1-10(24)11-3-6-13(7-4-11)22-17-16(21)18(25)23(19(17)26)14-9-12(20)5-8-15(14)27-2/h3-9,22H,1-2H3. The van der Waals surface area contributed by atoms with Gasteiger partial charge < -0.3 is 10.1 Å². The quantitative estimate of drug-likeness (QED) is 0.602. The molecule has 0 bridgehead atoms. The number of hydrogen-bond donors (Lipinski definition) is 1. The fraction of sp³-hybridized carbons (Fsp3) is 0.105. The molecule has 3 rings (SSSR count). The van der Waals surface area contributed by atoms with Crippen LogP contribution in [0.15, 0.2) is 53.2 Å². The van der Waals surface area contributed by atoms with Crippen LogP contribution in [0, 0.1) is 0 Å². The number of halogens is 2. The average molecular weight is 405 g/mol. The van der Waals surface area contributed by atoms with Gasteiger partial charge in [0.15, 0.2) is 5.78 Å². The molecule has 2 amide bonds. The minimum atomic E-state index is -0.690. The molecule has 6 nitrogen and oxygen atoms in total. The number of methoxy groups -OCH3 is 1. The number of rotatable bonds is 5. The van der Waals surface area contributed by atoms with Gasteiger partial charge in [-0.2, -0.15) is 0 Å². The number of carbonyl (C=O) groups excluding carboxylic acids is 3. The van der Waals surface area contributed by atoms with Crippen LogP contribution >= 0.6 is 23.2 Å². The van der Waals surface area contributed by atoms with Crippen molar-refractivity contribution in [3.63, 3.8) is 0 Å². The zero-order valence-electron chi connectivity index (χ0n) is 14.4. The first kappa shape index (κ1) is 18.9. The van der Waals surface area contributed by atoms with E-state index >= 15 is 0 Å². The second-order valence-corrected chi connectivity index (χ2v) is 6.52. The Bertz CT molecular complexity index is 984. The smallest absolute Gasteiger partial charge is 0.283 e. The molecule has 0 aliphatic carbocycles. The molecule has 0 saturated carbocycles. The summed E-state index contributed by atoms with van der Waals surface area (Å²) in [7, 11) is 1.42. The van der Waals surface area contributed by atoms with E-state index in [-0.39, 0.29) is 22.2 Å². The first-order valence-corrected chi connectivity index (χ1v) is 8.59. The van der Waals surface area contributed by atoms with E-state index in [4.69, 9.17) is 27.9 Å². The number of nitrogens with one attached hydrogen (secondary N) is 1. The van der Waals surface area contributed by atoms with Gasteiger partial charge in [0, 0.05) is 16.3 Å². The van der Waals surface area contributed by atoms with Gasteiger partial charge >= 0.3 is 0 Å². The Morgan fingerprint density at radius 1 is 1.04 bits per heavy atom. The highest BCUT2D eigenvalue weighted by atomic mass is 35.5. The highest BCUT2D eigenvalue weighted by Gasteiger charge is 2.40. The van der Waals surface area contributed by atoms with Crippen molar-refractivity contribution in [2.45, 2.75) is 6.92 Å². The normalized spacial score (nSPS) is 14.0. The lowest BCUT2D eigenvalue weighted by Crippen LogP contribution is -2.32. The number of hydrogen-bond acceptors (Lipinski definition) is 5. The Kier molecular flexibility index (Phi) is 5.21. The van der Waals surface area contributed by atoms with E-state index in [9.17, 15) is 14.4 Å². The van der Waals surface area contributed by atoms with Gasteiger partial charge in [0.25, 0.3) is 11.8 Å². The molecule has 1 N–H and O–H groups in total. The van der Waals surface area contributed by atoms with E-state index in [0.29, 0.717) is 22.0 Å². The summed E-state index contributed by atoms with van der Waals surface area (Å²) in [6.07, 6.45) is 0. The molecule has 0 spiro atoms. The van der Waals surface area contributed by atoms with E-state index in [1.165, 1.54) is 20.1 Å². The lowest BCUT2D eigenvalue weighted by atomic mass is 10.1. The van der Waals surface area contributed by atoms with Crippen molar-refractivity contribution in [2.24, 2.45) is 0 Å². The summed E-state index contributed by atoms with van der Waals surface area (Å²) in [5.41, 5.74) is 1.16. The van der Waals surface area contributed by atoms with Crippen LogP contribution in [0.3, 0.4) is 0 Å². The fourth-order valence-electron chi connectivity index (χ4n) is 2.60. The van der Waals surface area contributed by atoms with Crippen molar-refractivity contribution in [1.29, 1.82) is 0 Å². The second-order valence-electron chi connectivity index (χ2n) is 5.71. The van der Waals surface area contributed by atoms with Gasteiger partial charge in [-0.1, -0.05) is 23.2 Å². The minimum absolute atomic E-state index is 0.0701. The van der Waals surface area contributed by atoms with Gasteiger partial charge in [-0.15, -0.1) is 0 Å². The van der Waals surface area contributed by atoms with Crippen molar-refractivity contribution < 1.29 is 19.1 Å². The third-order valence-corrected chi connectivity index (χ3v) is 4.56. The molecule has 1 heterocycles. The molecule has 1 aliphatic rings. The highest BCUT2D eigenvalue weighted by Crippen LogP contribution is 2.37. The van der Waals surface area contributed by atoms with E-state index in [1.807, 2.05) is 0 Å². The average Bonchev–Trinajstić information content (AvgIpc) is 2.85. The molecule has 1 aliphatic heterocycles. The van der Waals surface area contributed by atoms with Crippen LogP contribution in [0.5, 0.6) is 5.75 Å². The van der Waals surface area contributed by atoms with Crippen LogP contribution in [-0.2, 0) is 9.59 Å². The van der Waals surface area contributed by atoms with Crippen LogP contribution in [0.4, 0.5) is 11.4 Å². The molecule has 0 aromatic heterocycles. The number of benzene rings is 2. The minimum Gasteiger partial charge on any atom is -0.495 e. The summed E-state index contributed by atoms with van der Waals surface area (Å²) in [4.78, 5) is 37.7. The number of amides is 2. The summed E-state index contributed by atoms with van der Waals surface area (Å²) in [6, 6.07) is 11.0. The molecule has 0 saturated heterocycles. The molecule has 0 radical (unpaired) electrons. The lowest BCUT2D eigenvalue weighted by Gasteiger charge is -2.18. The molecule has 2 aromatic carbocycles. The summed E-state index contributed by atoms with van der Waals surface area (Å²) < 4.78 is 5.22. The first-order chi connectivity index (χ1) is 12.8. The van der Waals surface area contributed by atoms with Crippen molar-refractivity contribution in [1.82, 2.24) is 0 Å². The third-order valence-electron chi connectivity index (χ3n) is 3.97. The Morgan fingerprint density at radius 2 is 1.70 bits per heavy atom. The third kappa shape index (κ3) is 3.54. The van der Waals surface area contributed by atoms with Gasteiger partial charge in [0.1, 0.15) is 16.5 Å². The van der Waals surface area contributed by atoms with Crippen LogP contribution < -0.4 is 15.0 Å². The summed E-state index contributed by atoms with van der Waals surface area (Å²) >= 11 is 12.1. The second kappa shape index (κ2) is 7.42. The van der Waals surface area contributed by atoms with Crippen molar-refractivity contribution in [2.75, 3.05) is 17.3 Å². The van der Waals surface area contributed by atoms with E-state index in [1.54, 1.807) is 36.4 Å². The highest BCUT2D eigenvalue weighted by molar-refractivity contribution is 6.53. The zero-order valence-corrected chi connectivity index (χ0v) is 15.9. The first-order valence-electron chi connectivity index (χ1n) is 7.83. The number of anilines is 2. The molecule has 2 aromatic rings. The van der Waals surface area contributed by atoms with Crippen LogP contribution in [0.1, 0.15) is 17.3 Å². The van der Waals surface area contributed by atoms with Crippen LogP contribution in [0.2, 0.25) is 5.02 Å². The molecule has 0 atom stereocenters. The van der Waals surface area contributed by atoms with Crippen molar-refractivity contribution in [3.8, 4) is 5.75 Å². The van der Waals surface area contributed by atoms with Gasteiger partial charge in [-0.3, -0.25) is 14.4 Å². The van der Waals surface area contributed by atoms with Crippen molar-refractivity contribution >= 4 is 52.2 Å². The number of imide groups is 1. The fourth-order valence-corrected chi connectivity index (χ4v) is 2.98. The Labute approximate surface area is 165 Å².